The standard InChI is InChI=1S/C11H18O3/c1-3-5-9-6-4-7-10(14-9)8-11(12)13-2/h3,9-10H,1,4-8H2,2H3. The summed E-state index contributed by atoms with van der Waals surface area (Å²) in [6, 6.07) is 0. The fraction of sp³-hybridized carbons (Fsp3) is 0.727. The van der Waals surface area contributed by atoms with Crippen molar-refractivity contribution in [2.45, 2.75) is 44.3 Å². The number of hydrogen-bond donors (Lipinski definition) is 0. The van der Waals surface area contributed by atoms with Crippen LogP contribution in [0.2, 0.25) is 0 Å². The lowest BCUT2D eigenvalue weighted by Gasteiger charge is -2.28. The van der Waals surface area contributed by atoms with Crippen LogP contribution in [0.25, 0.3) is 0 Å². The maximum Gasteiger partial charge on any atom is 0.308 e. The highest BCUT2D eigenvalue weighted by Gasteiger charge is 2.23. The zero-order valence-electron chi connectivity index (χ0n) is 8.70. The molecule has 1 heterocycles. The lowest BCUT2D eigenvalue weighted by atomic mass is 10.0. The van der Waals surface area contributed by atoms with Gasteiger partial charge in [-0.3, -0.25) is 4.79 Å². The van der Waals surface area contributed by atoms with E-state index in [0.717, 1.165) is 25.7 Å². The van der Waals surface area contributed by atoms with Crippen LogP contribution in [-0.2, 0) is 14.3 Å². The van der Waals surface area contributed by atoms with Gasteiger partial charge in [-0.1, -0.05) is 6.08 Å². The molecule has 0 aliphatic carbocycles. The quantitative estimate of drug-likeness (QED) is 0.512. The minimum atomic E-state index is -0.186. The van der Waals surface area contributed by atoms with Gasteiger partial charge in [0.1, 0.15) is 0 Å². The van der Waals surface area contributed by atoms with Crippen LogP contribution in [-0.4, -0.2) is 25.3 Å². The van der Waals surface area contributed by atoms with Crippen LogP contribution in [0, 0.1) is 0 Å². The van der Waals surface area contributed by atoms with E-state index in [4.69, 9.17) is 4.74 Å². The molecule has 14 heavy (non-hydrogen) atoms. The first-order chi connectivity index (χ1) is 6.76. The number of ether oxygens (including phenoxy) is 2. The van der Waals surface area contributed by atoms with Crippen LogP contribution >= 0.6 is 0 Å². The Morgan fingerprint density at radius 2 is 2.29 bits per heavy atom. The summed E-state index contributed by atoms with van der Waals surface area (Å²) >= 11 is 0. The molecule has 3 heteroatoms. The summed E-state index contributed by atoms with van der Waals surface area (Å²) in [5.74, 6) is -0.186. The van der Waals surface area contributed by atoms with E-state index in [1.54, 1.807) is 0 Å². The molecule has 1 aliphatic rings. The Labute approximate surface area is 85.1 Å². The molecule has 0 radical (unpaired) electrons. The van der Waals surface area contributed by atoms with Crippen molar-refractivity contribution in [1.29, 1.82) is 0 Å². The van der Waals surface area contributed by atoms with Crippen molar-refractivity contribution < 1.29 is 14.3 Å². The molecule has 80 valence electrons. The van der Waals surface area contributed by atoms with E-state index >= 15 is 0 Å². The minimum absolute atomic E-state index is 0.0427. The highest BCUT2D eigenvalue weighted by Crippen LogP contribution is 2.23. The normalized spacial score (nSPS) is 26.9. The summed E-state index contributed by atoms with van der Waals surface area (Å²) in [6.45, 7) is 3.69. The van der Waals surface area contributed by atoms with Crippen LogP contribution in [0.5, 0.6) is 0 Å². The summed E-state index contributed by atoms with van der Waals surface area (Å²) in [4.78, 5) is 11.0. The highest BCUT2D eigenvalue weighted by molar-refractivity contribution is 5.69. The molecule has 1 fully saturated rings. The van der Waals surface area contributed by atoms with Gasteiger partial charge < -0.3 is 9.47 Å². The summed E-state index contributed by atoms with van der Waals surface area (Å²) < 4.78 is 10.3. The molecule has 0 N–H and O–H groups in total. The average Bonchev–Trinajstić information content (AvgIpc) is 2.19. The van der Waals surface area contributed by atoms with E-state index in [2.05, 4.69) is 11.3 Å². The fourth-order valence-electron chi connectivity index (χ4n) is 1.76. The van der Waals surface area contributed by atoms with Crippen molar-refractivity contribution >= 4 is 5.97 Å². The lowest BCUT2D eigenvalue weighted by molar-refractivity contribution is -0.146. The van der Waals surface area contributed by atoms with Crippen LogP contribution in [0.1, 0.15) is 32.1 Å². The predicted octanol–water partition coefficient (Wildman–Crippen LogP) is 2.06. The molecule has 0 aromatic heterocycles. The smallest absolute Gasteiger partial charge is 0.308 e. The molecule has 2 unspecified atom stereocenters. The Balaban J connectivity index is 2.32. The number of hydrogen-bond acceptors (Lipinski definition) is 3. The van der Waals surface area contributed by atoms with Crippen molar-refractivity contribution in [3.05, 3.63) is 12.7 Å². The first kappa shape index (κ1) is 11.2. The van der Waals surface area contributed by atoms with Crippen molar-refractivity contribution in [3.8, 4) is 0 Å². The third kappa shape index (κ3) is 3.50. The number of carbonyl (C=O) groups excluding carboxylic acids is 1. The summed E-state index contributed by atoms with van der Waals surface area (Å²) in [5, 5.41) is 0. The maximum atomic E-state index is 11.0. The molecular weight excluding hydrogens is 180 g/mol. The van der Waals surface area contributed by atoms with Crippen molar-refractivity contribution in [2.75, 3.05) is 7.11 Å². The first-order valence-corrected chi connectivity index (χ1v) is 5.09. The molecule has 0 aromatic carbocycles. The Bertz CT molecular complexity index is 201. The molecule has 1 rings (SSSR count). The third-order valence-electron chi connectivity index (χ3n) is 2.49. The van der Waals surface area contributed by atoms with Gasteiger partial charge in [0.15, 0.2) is 0 Å². The second kappa shape index (κ2) is 5.81. The van der Waals surface area contributed by atoms with Crippen molar-refractivity contribution in [3.63, 3.8) is 0 Å². The molecule has 0 amide bonds. The Morgan fingerprint density at radius 1 is 1.57 bits per heavy atom. The van der Waals surface area contributed by atoms with E-state index in [0.29, 0.717) is 6.42 Å². The van der Waals surface area contributed by atoms with Crippen molar-refractivity contribution in [2.24, 2.45) is 0 Å². The number of rotatable bonds is 4. The topological polar surface area (TPSA) is 35.5 Å². The van der Waals surface area contributed by atoms with E-state index < -0.39 is 0 Å². The average molecular weight is 198 g/mol. The molecule has 1 aliphatic heterocycles. The Kier molecular flexibility index (Phi) is 4.66. The van der Waals surface area contributed by atoms with Crippen LogP contribution < -0.4 is 0 Å². The molecule has 3 nitrogen and oxygen atoms in total. The maximum absolute atomic E-state index is 11.0. The van der Waals surface area contributed by atoms with Crippen LogP contribution in [0.15, 0.2) is 12.7 Å². The van der Waals surface area contributed by atoms with Gasteiger partial charge in [0.2, 0.25) is 0 Å². The second-order valence-corrected chi connectivity index (χ2v) is 3.62. The summed E-state index contributed by atoms with van der Waals surface area (Å²) in [7, 11) is 1.41. The van der Waals surface area contributed by atoms with E-state index in [9.17, 15) is 4.79 Å². The first-order valence-electron chi connectivity index (χ1n) is 5.09. The fourth-order valence-corrected chi connectivity index (χ4v) is 1.76. The highest BCUT2D eigenvalue weighted by atomic mass is 16.5. The Hall–Kier alpha value is -0.830. The number of esters is 1. The molecule has 0 bridgehead atoms. The van der Waals surface area contributed by atoms with Gasteiger partial charge in [-0.15, -0.1) is 6.58 Å². The molecular formula is C11H18O3. The molecule has 0 saturated carbocycles. The largest absolute Gasteiger partial charge is 0.469 e. The van der Waals surface area contributed by atoms with Gasteiger partial charge in [-0.2, -0.15) is 0 Å². The monoisotopic (exact) mass is 198 g/mol. The van der Waals surface area contributed by atoms with E-state index in [-0.39, 0.29) is 18.2 Å². The Morgan fingerprint density at radius 3 is 2.93 bits per heavy atom. The second-order valence-electron chi connectivity index (χ2n) is 3.62. The number of methoxy groups -OCH3 is 1. The van der Waals surface area contributed by atoms with Crippen LogP contribution in [0.3, 0.4) is 0 Å². The SMILES string of the molecule is C=CCC1CCCC(CC(=O)OC)O1. The third-order valence-corrected chi connectivity index (χ3v) is 2.49. The molecule has 0 spiro atoms. The lowest BCUT2D eigenvalue weighted by Crippen LogP contribution is -2.29. The van der Waals surface area contributed by atoms with Crippen molar-refractivity contribution in [1.82, 2.24) is 0 Å². The van der Waals surface area contributed by atoms with Gasteiger partial charge in [0.25, 0.3) is 0 Å². The van der Waals surface area contributed by atoms with E-state index in [1.165, 1.54) is 7.11 Å². The minimum Gasteiger partial charge on any atom is -0.469 e. The van der Waals surface area contributed by atoms with Crippen LogP contribution in [0.4, 0.5) is 0 Å². The molecule has 1 saturated heterocycles. The predicted molar refractivity (Wildman–Crippen MR) is 54.0 cm³/mol. The van der Waals surface area contributed by atoms with Gasteiger partial charge in [0, 0.05) is 0 Å². The number of carbonyl (C=O) groups is 1. The zero-order valence-corrected chi connectivity index (χ0v) is 8.70. The zero-order chi connectivity index (χ0) is 10.4. The summed E-state index contributed by atoms with van der Waals surface area (Å²) in [5.41, 5.74) is 0. The summed E-state index contributed by atoms with van der Waals surface area (Å²) in [6.07, 6.45) is 6.57. The van der Waals surface area contributed by atoms with Gasteiger partial charge >= 0.3 is 5.97 Å². The molecule has 2 atom stereocenters. The van der Waals surface area contributed by atoms with E-state index in [1.807, 2.05) is 6.08 Å². The van der Waals surface area contributed by atoms with Gasteiger partial charge in [0.05, 0.1) is 25.7 Å². The van der Waals surface area contributed by atoms with Gasteiger partial charge in [-0.05, 0) is 25.7 Å². The van der Waals surface area contributed by atoms with Gasteiger partial charge in [-0.25, -0.2) is 0 Å². The molecule has 0 aromatic rings.